The van der Waals surface area contributed by atoms with Crippen molar-refractivity contribution in [3.8, 4) is 0 Å². The van der Waals surface area contributed by atoms with E-state index in [0.717, 1.165) is 6.42 Å². The van der Waals surface area contributed by atoms with Crippen molar-refractivity contribution in [3.63, 3.8) is 0 Å². The molecule has 0 spiro atoms. The standard InChI is InChI=1S/C9H14N2/c1-11-9(10)7-8-5-3-2-4-6-8/h2-6,9,11H,7,10H2,1H3/t9-/m0/s1. The van der Waals surface area contributed by atoms with Crippen molar-refractivity contribution in [2.45, 2.75) is 12.6 Å². The van der Waals surface area contributed by atoms with E-state index in [1.807, 2.05) is 25.2 Å². The average molecular weight is 150 g/mol. The van der Waals surface area contributed by atoms with Crippen LogP contribution in [0.1, 0.15) is 5.56 Å². The molecule has 0 aliphatic rings. The van der Waals surface area contributed by atoms with Crippen LogP contribution in [0.5, 0.6) is 0 Å². The Morgan fingerprint density at radius 1 is 1.36 bits per heavy atom. The van der Waals surface area contributed by atoms with E-state index in [4.69, 9.17) is 5.73 Å². The fraction of sp³-hybridized carbons (Fsp3) is 0.333. The zero-order valence-electron chi connectivity index (χ0n) is 6.75. The lowest BCUT2D eigenvalue weighted by atomic mass is 10.1. The van der Waals surface area contributed by atoms with Crippen LogP contribution in [-0.2, 0) is 6.42 Å². The van der Waals surface area contributed by atoms with Crippen molar-refractivity contribution in [2.24, 2.45) is 5.73 Å². The van der Waals surface area contributed by atoms with Crippen LogP contribution in [0.25, 0.3) is 0 Å². The predicted octanol–water partition coefficient (Wildman–Crippen LogP) is 0.733. The quantitative estimate of drug-likeness (QED) is 0.623. The third kappa shape index (κ3) is 2.70. The third-order valence-electron chi connectivity index (χ3n) is 1.67. The Morgan fingerprint density at radius 2 is 2.00 bits per heavy atom. The molecule has 0 aliphatic heterocycles. The third-order valence-corrected chi connectivity index (χ3v) is 1.67. The summed E-state index contributed by atoms with van der Waals surface area (Å²) < 4.78 is 0. The van der Waals surface area contributed by atoms with E-state index in [2.05, 4.69) is 17.4 Å². The number of nitrogens with one attached hydrogen (secondary N) is 1. The molecular weight excluding hydrogens is 136 g/mol. The van der Waals surface area contributed by atoms with Gasteiger partial charge >= 0.3 is 0 Å². The molecule has 0 amide bonds. The number of likely N-dealkylation sites (N-methyl/N-ethyl adjacent to an activating group) is 1. The van der Waals surface area contributed by atoms with E-state index >= 15 is 0 Å². The maximum atomic E-state index is 5.69. The summed E-state index contributed by atoms with van der Waals surface area (Å²) in [5.74, 6) is 0. The zero-order valence-corrected chi connectivity index (χ0v) is 6.75. The van der Waals surface area contributed by atoms with E-state index in [-0.39, 0.29) is 6.17 Å². The Labute approximate surface area is 67.4 Å². The smallest absolute Gasteiger partial charge is 0.0585 e. The molecule has 0 heterocycles. The maximum Gasteiger partial charge on any atom is 0.0585 e. The first-order chi connectivity index (χ1) is 5.33. The highest BCUT2D eigenvalue weighted by molar-refractivity contribution is 5.15. The Morgan fingerprint density at radius 3 is 2.55 bits per heavy atom. The van der Waals surface area contributed by atoms with Crippen LogP contribution in [0.4, 0.5) is 0 Å². The minimum absolute atomic E-state index is 0.0670. The predicted molar refractivity (Wildman–Crippen MR) is 47.2 cm³/mol. The summed E-state index contributed by atoms with van der Waals surface area (Å²) in [7, 11) is 1.87. The molecule has 3 N–H and O–H groups in total. The molecule has 0 saturated heterocycles. The minimum Gasteiger partial charge on any atom is -0.316 e. The molecule has 60 valence electrons. The van der Waals surface area contributed by atoms with Crippen LogP contribution in [0.3, 0.4) is 0 Å². The molecule has 0 bridgehead atoms. The van der Waals surface area contributed by atoms with Gasteiger partial charge in [0.25, 0.3) is 0 Å². The summed E-state index contributed by atoms with van der Waals surface area (Å²) >= 11 is 0. The highest BCUT2D eigenvalue weighted by Crippen LogP contribution is 1.99. The van der Waals surface area contributed by atoms with Crippen molar-refractivity contribution in [1.82, 2.24) is 5.32 Å². The van der Waals surface area contributed by atoms with Crippen LogP contribution in [0.2, 0.25) is 0 Å². The molecule has 2 heteroatoms. The first kappa shape index (κ1) is 8.24. The minimum atomic E-state index is 0.0670. The lowest BCUT2D eigenvalue weighted by molar-refractivity contribution is 0.582. The fourth-order valence-corrected chi connectivity index (χ4v) is 0.970. The van der Waals surface area contributed by atoms with Gasteiger partial charge in [-0.25, -0.2) is 0 Å². The van der Waals surface area contributed by atoms with Crippen LogP contribution >= 0.6 is 0 Å². The second kappa shape index (κ2) is 4.11. The molecular formula is C9H14N2. The fourth-order valence-electron chi connectivity index (χ4n) is 0.970. The highest BCUT2D eigenvalue weighted by atomic mass is 15.0. The topological polar surface area (TPSA) is 38.0 Å². The molecule has 1 atom stereocenters. The van der Waals surface area contributed by atoms with E-state index < -0.39 is 0 Å². The number of rotatable bonds is 3. The average Bonchev–Trinajstić information content (AvgIpc) is 2.06. The van der Waals surface area contributed by atoms with Gasteiger partial charge in [0.2, 0.25) is 0 Å². The van der Waals surface area contributed by atoms with Gasteiger partial charge in [0.05, 0.1) is 6.17 Å². The van der Waals surface area contributed by atoms with Crippen molar-refractivity contribution in [1.29, 1.82) is 0 Å². The van der Waals surface area contributed by atoms with Gasteiger partial charge in [-0.15, -0.1) is 0 Å². The molecule has 0 saturated carbocycles. The SMILES string of the molecule is CN[C@H](N)Cc1ccccc1. The molecule has 11 heavy (non-hydrogen) atoms. The van der Waals surface area contributed by atoms with Gasteiger partial charge in [0, 0.05) is 6.42 Å². The van der Waals surface area contributed by atoms with Gasteiger partial charge in [-0.05, 0) is 12.6 Å². The second-order valence-corrected chi connectivity index (χ2v) is 2.58. The maximum absolute atomic E-state index is 5.69. The largest absolute Gasteiger partial charge is 0.316 e. The summed E-state index contributed by atoms with van der Waals surface area (Å²) in [5.41, 5.74) is 6.97. The number of hydrogen-bond acceptors (Lipinski definition) is 2. The van der Waals surface area contributed by atoms with E-state index in [1.165, 1.54) is 5.56 Å². The Hall–Kier alpha value is -0.860. The van der Waals surface area contributed by atoms with Crippen LogP contribution in [-0.4, -0.2) is 13.2 Å². The van der Waals surface area contributed by atoms with E-state index in [9.17, 15) is 0 Å². The lowest BCUT2D eigenvalue weighted by Gasteiger charge is -2.08. The summed E-state index contributed by atoms with van der Waals surface area (Å²) in [5, 5.41) is 2.99. The number of hydrogen-bond donors (Lipinski definition) is 2. The number of nitrogens with two attached hydrogens (primary N) is 1. The number of benzene rings is 1. The van der Waals surface area contributed by atoms with Crippen LogP contribution in [0, 0.1) is 0 Å². The molecule has 0 aliphatic carbocycles. The molecule has 0 fully saturated rings. The molecule has 0 unspecified atom stereocenters. The van der Waals surface area contributed by atoms with Crippen LogP contribution in [0.15, 0.2) is 30.3 Å². The molecule has 1 rings (SSSR count). The van der Waals surface area contributed by atoms with Crippen molar-refractivity contribution >= 4 is 0 Å². The van der Waals surface area contributed by atoms with Gasteiger partial charge in [-0.3, -0.25) is 0 Å². The monoisotopic (exact) mass is 150 g/mol. The highest BCUT2D eigenvalue weighted by Gasteiger charge is 1.98. The lowest BCUT2D eigenvalue weighted by Crippen LogP contribution is -2.36. The van der Waals surface area contributed by atoms with Gasteiger partial charge in [0.1, 0.15) is 0 Å². The molecule has 0 radical (unpaired) electrons. The van der Waals surface area contributed by atoms with Crippen molar-refractivity contribution < 1.29 is 0 Å². The van der Waals surface area contributed by atoms with E-state index in [0.29, 0.717) is 0 Å². The molecule has 2 nitrogen and oxygen atoms in total. The van der Waals surface area contributed by atoms with E-state index in [1.54, 1.807) is 0 Å². The van der Waals surface area contributed by atoms with Crippen molar-refractivity contribution in [3.05, 3.63) is 35.9 Å². The molecule has 1 aromatic carbocycles. The molecule has 1 aromatic rings. The van der Waals surface area contributed by atoms with Crippen molar-refractivity contribution in [2.75, 3.05) is 7.05 Å². The van der Waals surface area contributed by atoms with Crippen LogP contribution < -0.4 is 11.1 Å². The van der Waals surface area contributed by atoms with Gasteiger partial charge in [-0.1, -0.05) is 30.3 Å². The summed E-state index contributed by atoms with van der Waals surface area (Å²) in [4.78, 5) is 0. The first-order valence-corrected chi connectivity index (χ1v) is 3.79. The molecule has 0 aromatic heterocycles. The Bertz CT molecular complexity index is 196. The summed E-state index contributed by atoms with van der Waals surface area (Å²) in [6.07, 6.45) is 0.953. The van der Waals surface area contributed by atoms with Gasteiger partial charge < -0.3 is 11.1 Å². The van der Waals surface area contributed by atoms with Gasteiger partial charge in [-0.2, -0.15) is 0 Å². The van der Waals surface area contributed by atoms with Gasteiger partial charge in [0.15, 0.2) is 0 Å². The Balaban J connectivity index is 2.51. The zero-order chi connectivity index (χ0) is 8.10. The summed E-state index contributed by atoms with van der Waals surface area (Å²) in [6, 6.07) is 10.2. The normalized spacial score (nSPS) is 12.9. The summed E-state index contributed by atoms with van der Waals surface area (Å²) in [6.45, 7) is 0. The Kier molecular flexibility index (Phi) is 3.08. The second-order valence-electron chi connectivity index (χ2n) is 2.58. The first-order valence-electron chi connectivity index (χ1n) is 3.79.